The number of carbonyl (C=O) groups excluding carboxylic acids is 1. The van der Waals surface area contributed by atoms with Crippen molar-refractivity contribution in [3.8, 4) is 5.69 Å². The van der Waals surface area contributed by atoms with E-state index in [1.165, 1.54) is 0 Å². The molecule has 0 spiro atoms. The standard InChI is InChI=1S/C17H21N3O3S/c1-19(17(21)11-15-7-10-24(22,23)13-15)12-14-3-5-16(6-4-14)20-9-2-8-18-20/h2-6,8-9,15H,7,10-13H2,1H3/t15-/m0/s1. The Morgan fingerprint density at radius 1 is 1.33 bits per heavy atom. The van der Waals surface area contributed by atoms with Gasteiger partial charge in [0.1, 0.15) is 0 Å². The minimum atomic E-state index is -2.93. The Morgan fingerprint density at radius 3 is 2.67 bits per heavy atom. The van der Waals surface area contributed by atoms with Crippen molar-refractivity contribution >= 4 is 15.7 Å². The van der Waals surface area contributed by atoms with Gasteiger partial charge in [0, 0.05) is 32.4 Å². The molecule has 3 rings (SSSR count). The van der Waals surface area contributed by atoms with Crippen LogP contribution in [0.3, 0.4) is 0 Å². The molecule has 2 heterocycles. The van der Waals surface area contributed by atoms with Crippen LogP contribution in [0.4, 0.5) is 0 Å². The van der Waals surface area contributed by atoms with E-state index >= 15 is 0 Å². The number of benzene rings is 1. The van der Waals surface area contributed by atoms with E-state index in [2.05, 4.69) is 5.10 Å². The summed E-state index contributed by atoms with van der Waals surface area (Å²) in [5.41, 5.74) is 2.00. The number of amides is 1. The van der Waals surface area contributed by atoms with Crippen LogP contribution >= 0.6 is 0 Å². The summed E-state index contributed by atoms with van der Waals surface area (Å²) in [6.07, 6.45) is 4.51. The van der Waals surface area contributed by atoms with E-state index in [0.29, 0.717) is 19.4 Å². The van der Waals surface area contributed by atoms with E-state index in [1.54, 1.807) is 22.8 Å². The molecular weight excluding hydrogens is 326 g/mol. The van der Waals surface area contributed by atoms with Gasteiger partial charge in [0.2, 0.25) is 5.91 Å². The third-order valence-corrected chi connectivity index (χ3v) is 6.18. The molecule has 1 aliphatic rings. The second-order valence-corrected chi connectivity index (χ2v) is 8.57. The topological polar surface area (TPSA) is 72.3 Å². The molecule has 1 aromatic carbocycles. The highest BCUT2D eigenvalue weighted by atomic mass is 32.2. The Morgan fingerprint density at radius 2 is 2.08 bits per heavy atom. The zero-order chi connectivity index (χ0) is 17.2. The van der Waals surface area contributed by atoms with Crippen LogP contribution in [-0.4, -0.2) is 47.6 Å². The van der Waals surface area contributed by atoms with Gasteiger partial charge in [-0.15, -0.1) is 0 Å². The number of hydrogen-bond donors (Lipinski definition) is 0. The molecule has 1 atom stereocenters. The van der Waals surface area contributed by atoms with Gasteiger partial charge in [-0.1, -0.05) is 12.1 Å². The molecule has 0 N–H and O–H groups in total. The first-order chi connectivity index (χ1) is 11.4. The van der Waals surface area contributed by atoms with Gasteiger partial charge in [0.25, 0.3) is 0 Å². The first-order valence-corrected chi connectivity index (χ1v) is 9.78. The zero-order valence-corrected chi connectivity index (χ0v) is 14.4. The zero-order valence-electron chi connectivity index (χ0n) is 13.6. The molecule has 6 nitrogen and oxygen atoms in total. The lowest BCUT2D eigenvalue weighted by atomic mass is 10.0. The quantitative estimate of drug-likeness (QED) is 0.824. The Bertz CT molecular complexity index is 798. The van der Waals surface area contributed by atoms with Gasteiger partial charge in [-0.05, 0) is 36.1 Å². The van der Waals surface area contributed by atoms with E-state index in [4.69, 9.17) is 0 Å². The molecule has 0 radical (unpaired) electrons. The number of rotatable bonds is 5. The molecule has 128 valence electrons. The molecule has 0 bridgehead atoms. The Labute approximate surface area is 142 Å². The molecule has 1 saturated heterocycles. The third kappa shape index (κ3) is 4.03. The second-order valence-electron chi connectivity index (χ2n) is 6.34. The molecule has 0 aliphatic carbocycles. The normalized spacial score (nSPS) is 19.3. The highest BCUT2D eigenvalue weighted by Gasteiger charge is 2.30. The summed E-state index contributed by atoms with van der Waals surface area (Å²) in [4.78, 5) is 13.9. The van der Waals surface area contributed by atoms with Crippen molar-refractivity contribution in [2.75, 3.05) is 18.6 Å². The Balaban J connectivity index is 1.56. The van der Waals surface area contributed by atoms with Crippen molar-refractivity contribution in [1.29, 1.82) is 0 Å². The van der Waals surface area contributed by atoms with E-state index in [1.807, 2.05) is 36.5 Å². The molecule has 1 aromatic heterocycles. The van der Waals surface area contributed by atoms with Crippen LogP contribution in [-0.2, 0) is 21.2 Å². The van der Waals surface area contributed by atoms with Gasteiger partial charge in [0.15, 0.2) is 9.84 Å². The predicted molar refractivity (Wildman–Crippen MR) is 91.4 cm³/mol. The average molecular weight is 347 g/mol. The Hall–Kier alpha value is -2.15. The summed E-state index contributed by atoms with van der Waals surface area (Å²) in [6.45, 7) is 0.512. The third-order valence-electron chi connectivity index (χ3n) is 4.34. The first-order valence-electron chi connectivity index (χ1n) is 7.96. The molecule has 2 aromatic rings. The van der Waals surface area contributed by atoms with Crippen LogP contribution in [0, 0.1) is 5.92 Å². The summed E-state index contributed by atoms with van der Waals surface area (Å²) in [6, 6.07) is 9.74. The van der Waals surface area contributed by atoms with Crippen LogP contribution < -0.4 is 0 Å². The fourth-order valence-electron chi connectivity index (χ4n) is 2.97. The van der Waals surface area contributed by atoms with Crippen LogP contribution in [0.1, 0.15) is 18.4 Å². The molecule has 1 amide bonds. The molecule has 1 aliphatic heterocycles. The van der Waals surface area contributed by atoms with Crippen molar-refractivity contribution in [3.63, 3.8) is 0 Å². The van der Waals surface area contributed by atoms with Gasteiger partial charge in [-0.3, -0.25) is 4.79 Å². The van der Waals surface area contributed by atoms with Gasteiger partial charge in [0.05, 0.1) is 17.2 Å². The van der Waals surface area contributed by atoms with E-state index in [9.17, 15) is 13.2 Å². The number of carbonyl (C=O) groups is 1. The van der Waals surface area contributed by atoms with Gasteiger partial charge >= 0.3 is 0 Å². The molecule has 1 fully saturated rings. The van der Waals surface area contributed by atoms with Crippen molar-refractivity contribution < 1.29 is 13.2 Å². The van der Waals surface area contributed by atoms with E-state index < -0.39 is 9.84 Å². The van der Waals surface area contributed by atoms with Crippen LogP contribution in [0.15, 0.2) is 42.7 Å². The highest BCUT2D eigenvalue weighted by Crippen LogP contribution is 2.22. The van der Waals surface area contributed by atoms with Crippen molar-refractivity contribution in [2.45, 2.75) is 19.4 Å². The Kier molecular flexibility index (Phi) is 4.71. The molecule has 7 heteroatoms. The summed E-state index contributed by atoms with van der Waals surface area (Å²) in [5.74, 6) is 0.315. The lowest BCUT2D eigenvalue weighted by molar-refractivity contribution is -0.131. The maximum absolute atomic E-state index is 12.3. The summed E-state index contributed by atoms with van der Waals surface area (Å²) < 4.78 is 24.7. The molecule has 0 unspecified atom stereocenters. The van der Waals surface area contributed by atoms with Gasteiger partial charge < -0.3 is 4.90 Å². The number of hydrogen-bond acceptors (Lipinski definition) is 4. The summed E-state index contributed by atoms with van der Waals surface area (Å²) >= 11 is 0. The monoisotopic (exact) mass is 347 g/mol. The fraction of sp³-hybridized carbons (Fsp3) is 0.412. The maximum atomic E-state index is 12.3. The number of nitrogens with zero attached hydrogens (tertiary/aromatic N) is 3. The lowest BCUT2D eigenvalue weighted by Crippen LogP contribution is -2.28. The van der Waals surface area contributed by atoms with Gasteiger partial charge in [-0.25, -0.2) is 13.1 Å². The average Bonchev–Trinajstić information content (AvgIpc) is 3.18. The van der Waals surface area contributed by atoms with E-state index in [0.717, 1.165) is 11.3 Å². The van der Waals surface area contributed by atoms with Crippen molar-refractivity contribution in [2.24, 2.45) is 5.92 Å². The smallest absolute Gasteiger partial charge is 0.222 e. The molecule has 0 saturated carbocycles. The summed E-state index contributed by atoms with van der Waals surface area (Å²) in [7, 11) is -1.17. The number of sulfone groups is 1. The SMILES string of the molecule is CN(Cc1ccc(-n2cccn2)cc1)C(=O)C[C@@H]1CCS(=O)(=O)C1. The van der Waals surface area contributed by atoms with Gasteiger partial charge in [-0.2, -0.15) is 5.10 Å². The van der Waals surface area contributed by atoms with Crippen molar-refractivity contribution in [3.05, 3.63) is 48.3 Å². The number of aromatic nitrogens is 2. The minimum absolute atomic E-state index is 0.00625. The summed E-state index contributed by atoms with van der Waals surface area (Å²) in [5, 5.41) is 4.18. The largest absolute Gasteiger partial charge is 0.341 e. The van der Waals surface area contributed by atoms with Crippen LogP contribution in [0.25, 0.3) is 5.69 Å². The first kappa shape index (κ1) is 16.7. The second kappa shape index (κ2) is 6.76. The lowest BCUT2D eigenvalue weighted by Gasteiger charge is -2.19. The van der Waals surface area contributed by atoms with E-state index in [-0.39, 0.29) is 23.3 Å². The molecular formula is C17H21N3O3S. The van der Waals surface area contributed by atoms with Crippen LogP contribution in [0.5, 0.6) is 0 Å². The minimum Gasteiger partial charge on any atom is -0.341 e. The van der Waals surface area contributed by atoms with Crippen molar-refractivity contribution in [1.82, 2.24) is 14.7 Å². The van der Waals surface area contributed by atoms with Crippen LogP contribution in [0.2, 0.25) is 0 Å². The molecule has 24 heavy (non-hydrogen) atoms. The highest BCUT2D eigenvalue weighted by molar-refractivity contribution is 7.91. The predicted octanol–water partition coefficient (Wildman–Crippen LogP) is 1.66. The maximum Gasteiger partial charge on any atom is 0.222 e. The fourth-order valence-corrected chi connectivity index (χ4v) is 4.84.